The predicted octanol–water partition coefficient (Wildman–Crippen LogP) is 1.44. The van der Waals surface area contributed by atoms with Crippen LogP contribution in [0.2, 0.25) is 0 Å². The van der Waals surface area contributed by atoms with Crippen LogP contribution in [-0.2, 0) is 4.79 Å². The summed E-state index contributed by atoms with van der Waals surface area (Å²) in [5.74, 6) is 0.663. The van der Waals surface area contributed by atoms with E-state index in [-0.39, 0.29) is 5.91 Å². The number of fused-ring (bicyclic) bond motifs is 1. The second kappa shape index (κ2) is 6.14. The van der Waals surface area contributed by atoms with Gasteiger partial charge in [0.1, 0.15) is 6.33 Å². The van der Waals surface area contributed by atoms with Gasteiger partial charge < -0.3 is 9.80 Å². The van der Waals surface area contributed by atoms with Gasteiger partial charge in [0, 0.05) is 32.6 Å². The van der Waals surface area contributed by atoms with Crippen molar-refractivity contribution in [3.63, 3.8) is 0 Å². The lowest BCUT2D eigenvalue weighted by atomic mass is 10.1. The number of amides is 1. The van der Waals surface area contributed by atoms with E-state index in [0.29, 0.717) is 12.3 Å². The van der Waals surface area contributed by atoms with Crippen molar-refractivity contribution in [3.05, 3.63) is 17.6 Å². The summed E-state index contributed by atoms with van der Waals surface area (Å²) in [6.45, 7) is 11.4. The molecule has 2 aromatic heterocycles. The first-order chi connectivity index (χ1) is 11.0. The zero-order valence-corrected chi connectivity index (χ0v) is 14.3. The van der Waals surface area contributed by atoms with Crippen molar-refractivity contribution in [2.24, 2.45) is 5.92 Å². The van der Waals surface area contributed by atoms with Crippen molar-refractivity contribution < 1.29 is 4.79 Å². The molecule has 3 heterocycles. The molecule has 1 saturated heterocycles. The summed E-state index contributed by atoms with van der Waals surface area (Å²) in [6.07, 6.45) is 2.26. The Morgan fingerprint density at radius 3 is 2.57 bits per heavy atom. The van der Waals surface area contributed by atoms with E-state index in [1.54, 1.807) is 10.8 Å². The van der Waals surface area contributed by atoms with Crippen LogP contribution in [0.25, 0.3) is 5.65 Å². The standard InChI is InChI=1S/C16H24N6O/c1-11(2)9-14(23)20-5-7-21(8-6-20)15-12(3)13(4)19-22-10-17-18-16(15)22/h10-11H,5-9H2,1-4H3. The summed E-state index contributed by atoms with van der Waals surface area (Å²) in [4.78, 5) is 16.5. The molecule has 2 aromatic rings. The lowest BCUT2D eigenvalue weighted by Crippen LogP contribution is -2.49. The third-order valence-electron chi connectivity index (χ3n) is 4.43. The normalized spacial score (nSPS) is 15.7. The maximum absolute atomic E-state index is 12.2. The Kier molecular flexibility index (Phi) is 4.19. The number of anilines is 1. The minimum atomic E-state index is 0.259. The van der Waals surface area contributed by atoms with Crippen LogP contribution in [0.15, 0.2) is 6.33 Å². The zero-order chi connectivity index (χ0) is 16.6. The van der Waals surface area contributed by atoms with E-state index in [4.69, 9.17) is 0 Å². The number of carbonyl (C=O) groups excluding carboxylic acids is 1. The van der Waals surface area contributed by atoms with Gasteiger partial charge in [0.15, 0.2) is 0 Å². The van der Waals surface area contributed by atoms with Crippen LogP contribution in [0.3, 0.4) is 0 Å². The third kappa shape index (κ3) is 3.00. The van der Waals surface area contributed by atoms with Crippen LogP contribution in [0.1, 0.15) is 31.5 Å². The summed E-state index contributed by atoms with van der Waals surface area (Å²) in [7, 11) is 0. The van der Waals surface area contributed by atoms with Gasteiger partial charge in [-0.2, -0.15) is 9.61 Å². The van der Waals surface area contributed by atoms with Gasteiger partial charge in [0.25, 0.3) is 0 Å². The molecule has 0 unspecified atom stereocenters. The molecule has 1 fully saturated rings. The van der Waals surface area contributed by atoms with Gasteiger partial charge >= 0.3 is 0 Å². The van der Waals surface area contributed by atoms with Gasteiger partial charge in [-0.25, -0.2) is 0 Å². The summed E-state index contributed by atoms with van der Waals surface area (Å²) >= 11 is 0. The van der Waals surface area contributed by atoms with E-state index in [1.807, 2.05) is 11.8 Å². The van der Waals surface area contributed by atoms with Crippen molar-refractivity contribution in [2.45, 2.75) is 34.1 Å². The monoisotopic (exact) mass is 316 g/mol. The topological polar surface area (TPSA) is 66.6 Å². The number of nitrogens with zero attached hydrogens (tertiary/aromatic N) is 6. The van der Waals surface area contributed by atoms with Crippen molar-refractivity contribution in [1.82, 2.24) is 24.7 Å². The fourth-order valence-corrected chi connectivity index (χ4v) is 3.07. The fourth-order valence-electron chi connectivity index (χ4n) is 3.07. The Morgan fingerprint density at radius 1 is 1.22 bits per heavy atom. The molecule has 1 amide bonds. The van der Waals surface area contributed by atoms with Gasteiger partial charge in [-0.15, -0.1) is 10.2 Å². The first kappa shape index (κ1) is 15.7. The number of rotatable bonds is 3. The van der Waals surface area contributed by atoms with Crippen LogP contribution in [0.4, 0.5) is 5.69 Å². The second-order valence-electron chi connectivity index (χ2n) is 6.62. The average Bonchev–Trinajstić information content (AvgIpc) is 2.95. The maximum atomic E-state index is 12.2. The lowest BCUT2D eigenvalue weighted by molar-refractivity contribution is -0.132. The number of carbonyl (C=O) groups is 1. The molecule has 7 nitrogen and oxygen atoms in total. The summed E-state index contributed by atoms with van der Waals surface area (Å²) in [5.41, 5.74) is 3.99. The van der Waals surface area contributed by atoms with Crippen LogP contribution in [0, 0.1) is 19.8 Å². The molecule has 0 aliphatic carbocycles. The van der Waals surface area contributed by atoms with Gasteiger partial charge in [0.2, 0.25) is 11.6 Å². The molecular weight excluding hydrogens is 292 g/mol. The molecule has 1 aliphatic heterocycles. The quantitative estimate of drug-likeness (QED) is 0.857. The molecule has 1 aliphatic rings. The lowest BCUT2D eigenvalue weighted by Gasteiger charge is -2.37. The van der Waals surface area contributed by atoms with Crippen LogP contribution in [-0.4, -0.2) is 56.8 Å². The minimum Gasteiger partial charge on any atom is -0.365 e. The van der Waals surface area contributed by atoms with E-state index in [2.05, 4.69) is 41.0 Å². The minimum absolute atomic E-state index is 0.259. The van der Waals surface area contributed by atoms with E-state index < -0.39 is 0 Å². The van der Waals surface area contributed by atoms with Crippen LogP contribution in [0.5, 0.6) is 0 Å². The first-order valence-electron chi connectivity index (χ1n) is 8.17. The number of aromatic nitrogens is 4. The SMILES string of the molecule is Cc1nn2cnnc2c(N2CCN(C(=O)CC(C)C)CC2)c1C. The Hall–Kier alpha value is -2.18. The second-order valence-corrected chi connectivity index (χ2v) is 6.62. The highest BCUT2D eigenvalue weighted by Crippen LogP contribution is 2.27. The highest BCUT2D eigenvalue weighted by Gasteiger charge is 2.25. The predicted molar refractivity (Wildman–Crippen MR) is 88.5 cm³/mol. The third-order valence-corrected chi connectivity index (χ3v) is 4.43. The van der Waals surface area contributed by atoms with Crippen LogP contribution >= 0.6 is 0 Å². The highest BCUT2D eigenvalue weighted by atomic mass is 16.2. The highest BCUT2D eigenvalue weighted by molar-refractivity contribution is 5.77. The van der Waals surface area contributed by atoms with E-state index >= 15 is 0 Å². The maximum Gasteiger partial charge on any atom is 0.222 e. The van der Waals surface area contributed by atoms with Gasteiger partial charge in [-0.3, -0.25) is 4.79 Å². The molecule has 7 heteroatoms. The van der Waals surface area contributed by atoms with Gasteiger partial charge in [-0.05, 0) is 25.3 Å². The van der Waals surface area contributed by atoms with E-state index in [9.17, 15) is 4.79 Å². The van der Waals surface area contributed by atoms with Gasteiger partial charge in [0.05, 0.1) is 11.4 Å². The molecule has 0 radical (unpaired) electrons. The van der Waals surface area contributed by atoms with E-state index in [1.165, 1.54) is 0 Å². The Balaban J connectivity index is 1.79. The number of hydrogen-bond acceptors (Lipinski definition) is 5. The van der Waals surface area contributed by atoms with Crippen LogP contribution < -0.4 is 4.90 Å². The summed E-state index contributed by atoms with van der Waals surface area (Å²) in [6, 6.07) is 0. The Bertz CT molecular complexity index is 715. The van der Waals surface area contributed by atoms with Crippen molar-refractivity contribution in [1.29, 1.82) is 0 Å². The van der Waals surface area contributed by atoms with E-state index in [0.717, 1.165) is 48.8 Å². The average molecular weight is 316 g/mol. The number of hydrogen-bond donors (Lipinski definition) is 0. The molecule has 0 bridgehead atoms. The van der Waals surface area contributed by atoms with Crippen molar-refractivity contribution in [3.8, 4) is 0 Å². The smallest absolute Gasteiger partial charge is 0.222 e. The number of piperazine rings is 1. The summed E-state index contributed by atoms with van der Waals surface area (Å²) < 4.78 is 1.73. The zero-order valence-electron chi connectivity index (χ0n) is 14.3. The van der Waals surface area contributed by atoms with Crippen molar-refractivity contribution >= 4 is 17.2 Å². The molecule has 0 N–H and O–H groups in total. The molecule has 0 atom stereocenters. The molecule has 0 saturated carbocycles. The molecule has 0 spiro atoms. The Labute approximate surface area is 136 Å². The molecule has 124 valence electrons. The van der Waals surface area contributed by atoms with Gasteiger partial charge in [-0.1, -0.05) is 13.8 Å². The molecule has 3 rings (SSSR count). The number of aryl methyl sites for hydroxylation is 1. The Morgan fingerprint density at radius 2 is 1.91 bits per heavy atom. The summed E-state index contributed by atoms with van der Waals surface area (Å²) in [5, 5.41) is 12.7. The molecule has 0 aromatic carbocycles. The fraction of sp³-hybridized carbons (Fsp3) is 0.625. The van der Waals surface area contributed by atoms with Crippen molar-refractivity contribution in [2.75, 3.05) is 31.1 Å². The molecular formula is C16H24N6O. The molecule has 23 heavy (non-hydrogen) atoms. The first-order valence-corrected chi connectivity index (χ1v) is 8.17. The largest absolute Gasteiger partial charge is 0.365 e.